The van der Waals surface area contributed by atoms with Gasteiger partial charge in [-0.1, -0.05) is 0 Å². The smallest absolute Gasteiger partial charge is 0.253 e. The Bertz CT molecular complexity index is 489. The van der Waals surface area contributed by atoms with Crippen LogP contribution >= 0.6 is 0 Å². The van der Waals surface area contributed by atoms with E-state index in [4.69, 9.17) is 5.26 Å². The molecule has 19 heavy (non-hydrogen) atoms. The number of nitrogens with zero attached hydrogens (tertiary/aromatic N) is 3. The third kappa shape index (κ3) is 3.12. The molecule has 1 aromatic carbocycles. The minimum atomic E-state index is 0.0183. The average molecular weight is 257 g/mol. The quantitative estimate of drug-likeness (QED) is 0.828. The molecule has 1 amide bonds. The number of hydrogen-bond acceptors (Lipinski definition) is 3. The van der Waals surface area contributed by atoms with Crippen molar-refractivity contribution in [3.05, 3.63) is 35.4 Å². The van der Waals surface area contributed by atoms with Crippen molar-refractivity contribution in [2.75, 3.05) is 27.2 Å². The van der Waals surface area contributed by atoms with Crippen LogP contribution in [0, 0.1) is 11.3 Å². The molecule has 2 rings (SSSR count). The summed E-state index contributed by atoms with van der Waals surface area (Å²) in [6.45, 7) is 1.87. The first-order valence-electron chi connectivity index (χ1n) is 6.57. The fourth-order valence-electron chi connectivity index (χ4n) is 2.52. The lowest BCUT2D eigenvalue weighted by Gasteiger charge is -2.25. The summed E-state index contributed by atoms with van der Waals surface area (Å²) in [5.41, 5.74) is 1.22. The number of amides is 1. The molecule has 1 unspecified atom stereocenters. The number of carbonyl (C=O) groups is 1. The summed E-state index contributed by atoms with van der Waals surface area (Å²) in [6, 6.07) is 9.32. The van der Waals surface area contributed by atoms with Crippen LogP contribution in [0.4, 0.5) is 0 Å². The van der Waals surface area contributed by atoms with Crippen molar-refractivity contribution in [3.8, 4) is 6.07 Å². The zero-order chi connectivity index (χ0) is 13.8. The highest BCUT2D eigenvalue weighted by Crippen LogP contribution is 2.16. The van der Waals surface area contributed by atoms with E-state index >= 15 is 0 Å². The number of rotatable bonds is 3. The van der Waals surface area contributed by atoms with E-state index in [1.54, 1.807) is 29.2 Å². The first kappa shape index (κ1) is 13.6. The van der Waals surface area contributed by atoms with Gasteiger partial charge in [0.05, 0.1) is 11.6 Å². The highest BCUT2D eigenvalue weighted by atomic mass is 16.2. The molecule has 4 nitrogen and oxygen atoms in total. The number of likely N-dealkylation sites (N-methyl/N-ethyl adjacent to an activating group) is 2. The Hall–Kier alpha value is -1.86. The van der Waals surface area contributed by atoms with Crippen molar-refractivity contribution in [2.45, 2.75) is 18.9 Å². The van der Waals surface area contributed by atoms with Crippen LogP contribution in [0.3, 0.4) is 0 Å². The van der Waals surface area contributed by atoms with Gasteiger partial charge in [-0.2, -0.15) is 5.26 Å². The van der Waals surface area contributed by atoms with E-state index in [0.29, 0.717) is 17.2 Å². The third-order valence-corrected chi connectivity index (χ3v) is 3.76. The van der Waals surface area contributed by atoms with Crippen molar-refractivity contribution >= 4 is 5.91 Å². The van der Waals surface area contributed by atoms with Crippen molar-refractivity contribution < 1.29 is 4.79 Å². The van der Waals surface area contributed by atoms with Gasteiger partial charge in [0.25, 0.3) is 5.91 Å². The van der Waals surface area contributed by atoms with E-state index in [9.17, 15) is 4.79 Å². The average Bonchev–Trinajstić information content (AvgIpc) is 2.83. The van der Waals surface area contributed by atoms with Crippen LogP contribution < -0.4 is 0 Å². The Labute approximate surface area is 114 Å². The summed E-state index contributed by atoms with van der Waals surface area (Å²) >= 11 is 0. The molecule has 0 saturated carbocycles. The van der Waals surface area contributed by atoms with Crippen LogP contribution in [-0.4, -0.2) is 48.9 Å². The normalized spacial score (nSPS) is 19.1. The number of nitriles is 1. The number of likely N-dealkylation sites (tertiary alicyclic amines) is 1. The second kappa shape index (κ2) is 5.85. The number of hydrogen-bond donors (Lipinski definition) is 0. The Kier molecular flexibility index (Phi) is 4.18. The maximum absolute atomic E-state index is 12.3. The van der Waals surface area contributed by atoms with E-state index in [1.807, 2.05) is 7.05 Å². The molecule has 0 radical (unpaired) electrons. The first-order chi connectivity index (χ1) is 9.11. The van der Waals surface area contributed by atoms with Crippen molar-refractivity contribution in [3.63, 3.8) is 0 Å². The fraction of sp³-hybridized carbons (Fsp3) is 0.467. The van der Waals surface area contributed by atoms with Gasteiger partial charge in [0.15, 0.2) is 0 Å². The Morgan fingerprint density at radius 1 is 1.47 bits per heavy atom. The molecule has 1 aromatic rings. The Morgan fingerprint density at radius 2 is 2.16 bits per heavy atom. The maximum Gasteiger partial charge on any atom is 0.253 e. The van der Waals surface area contributed by atoms with Gasteiger partial charge in [-0.15, -0.1) is 0 Å². The van der Waals surface area contributed by atoms with E-state index in [-0.39, 0.29) is 5.91 Å². The molecular weight excluding hydrogens is 238 g/mol. The number of carbonyl (C=O) groups excluding carboxylic acids is 1. The Balaban J connectivity index is 2.00. The molecular formula is C15H19N3O. The lowest BCUT2D eigenvalue weighted by molar-refractivity contribution is 0.0761. The van der Waals surface area contributed by atoms with Gasteiger partial charge in [-0.05, 0) is 50.7 Å². The van der Waals surface area contributed by atoms with Gasteiger partial charge < -0.3 is 9.80 Å². The molecule has 1 fully saturated rings. The second-order valence-corrected chi connectivity index (χ2v) is 5.15. The molecule has 1 aliphatic rings. The van der Waals surface area contributed by atoms with E-state index in [2.05, 4.69) is 18.0 Å². The molecule has 4 heteroatoms. The second-order valence-electron chi connectivity index (χ2n) is 5.15. The van der Waals surface area contributed by atoms with Crippen LogP contribution in [0.5, 0.6) is 0 Å². The number of benzene rings is 1. The van der Waals surface area contributed by atoms with Gasteiger partial charge in [0, 0.05) is 25.2 Å². The molecule has 0 spiro atoms. The van der Waals surface area contributed by atoms with Crippen molar-refractivity contribution in [1.82, 2.24) is 9.80 Å². The third-order valence-electron chi connectivity index (χ3n) is 3.76. The van der Waals surface area contributed by atoms with Crippen molar-refractivity contribution in [2.24, 2.45) is 0 Å². The predicted molar refractivity (Wildman–Crippen MR) is 73.8 cm³/mol. The lowest BCUT2D eigenvalue weighted by Crippen LogP contribution is -2.39. The zero-order valence-electron chi connectivity index (χ0n) is 11.5. The Morgan fingerprint density at radius 3 is 2.68 bits per heavy atom. The summed E-state index contributed by atoms with van der Waals surface area (Å²) in [5.74, 6) is 0.0183. The van der Waals surface area contributed by atoms with Crippen molar-refractivity contribution in [1.29, 1.82) is 5.26 Å². The summed E-state index contributed by atoms with van der Waals surface area (Å²) in [6.07, 6.45) is 2.36. The van der Waals surface area contributed by atoms with Gasteiger partial charge in [0.1, 0.15) is 0 Å². The SMILES string of the molecule is CN(CC1CCCN1C)C(=O)c1ccc(C#N)cc1. The largest absolute Gasteiger partial charge is 0.340 e. The first-order valence-corrected chi connectivity index (χ1v) is 6.57. The summed E-state index contributed by atoms with van der Waals surface area (Å²) in [4.78, 5) is 16.3. The predicted octanol–water partition coefficient (Wildman–Crippen LogP) is 1.72. The molecule has 0 aromatic heterocycles. The molecule has 1 atom stereocenters. The molecule has 0 aliphatic carbocycles. The molecule has 1 saturated heterocycles. The van der Waals surface area contributed by atoms with Crippen LogP contribution in [0.2, 0.25) is 0 Å². The molecule has 1 heterocycles. The van der Waals surface area contributed by atoms with E-state index in [0.717, 1.165) is 19.5 Å². The molecule has 1 aliphatic heterocycles. The molecule has 0 bridgehead atoms. The fourth-order valence-corrected chi connectivity index (χ4v) is 2.52. The minimum absolute atomic E-state index is 0.0183. The minimum Gasteiger partial charge on any atom is -0.340 e. The van der Waals surface area contributed by atoms with Gasteiger partial charge in [-0.3, -0.25) is 4.79 Å². The zero-order valence-corrected chi connectivity index (χ0v) is 11.5. The van der Waals surface area contributed by atoms with Gasteiger partial charge in [-0.25, -0.2) is 0 Å². The van der Waals surface area contributed by atoms with Crippen LogP contribution in [0.1, 0.15) is 28.8 Å². The van der Waals surface area contributed by atoms with Crippen LogP contribution in [0.15, 0.2) is 24.3 Å². The standard InChI is InChI=1S/C15H19N3O/c1-17-9-3-4-14(17)11-18(2)15(19)13-7-5-12(10-16)6-8-13/h5-8,14H,3-4,9,11H2,1-2H3. The van der Waals surface area contributed by atoms with Crippen LogP contribution in [-0.2, 0) is 0 Å². The van der Waals surface area contributed by atoms with E-state index < -0.39 is 0 Å². The van der Waals surface area contributed by atoms with Crippen LogP contribution in [0.25, 0.3) is 0 Å². The van der Waals surface area contributed by atoms with E-state index in [1.165, 1.54) is 6.42 Å². The van der Waals surface area contributed by atoms with Gasteiger partial charge in [0.2, 0.25) is 0 Å². The summed E-state index contributed by atoms with van der Waals surface area (Å²) in [7, 11) is 3.95. The van der Waals surface area contributed by atoms with Gasteiger partial charge >= 0.3 is 0 Å². The topological polar surface area (TPSA) is 47.3 Å². The summed E-state index contributed by atoms with van der Waals surface area (Å²) < 4.78 is 0. The maximum atomic E-state index is 12.3. The lowest BCUT2D eigenvalue weighted by atomic mass is 10.1. The molecule has 0 N–H and O–H groups in total. The molecule has 100 valence electrons. The summed E-state index contributed by atoms with van der Waals surface area (Å²) in [5, 5.41) is 8.74. The monoisotopic (exact) mass is 257 g/mol. The highest BCUT2D eigenvalue weighted by Gasteiger charge is 2.24. The highest BCUT2D eigenvalue weighted by molar-refractivity contribution is 5.94.